The molecule has 0 fully saturated rings. The van der Waals surface area contributed by atoms with Crippen LogP contribution in [0.5, 0.6) is 0 Å². The van der Waals surface area contributed by atoms with Crippen molar-refractivity contribution in [1.82, 2.24) is 0 Å². The summed E-state index contributed by atoms with van der Waals surface area (Å²) in [6.45, 7) is 1.46. The van der Waals surface area contributed by atoms with Gasteiger partial charge in [-0.2, -0.15) is 0 Å². The van der Waals surface area contributed by atoms with Gasteiger partial charge in [0.1, 0.15) is 0 Å². The van der Waals surface area contributed by atoms with Gasteiger partial charge in [0, 0.05) is 5.56 Å². The Morgan fingerprint density at radius 2 is 1.60 bits per heavy atom. The maximum absolute atomic E-state index is 11.5. The van der Waals surface area contributed by atoms with Crippen LogP contribution in [0.15, 0.2) is 54.6 Å². The molecule has 0 bridgehead atoms. The minimum absolute atomic E-state index is 0.0354. The average Bonchev–Trinajstić information content (AvgIpc) is 2.25. The van der Waals surface area contributed by atoms with Gasteiger partial charge in [-0.1, -0.05) is 42.5 Å². The number of ketones is 2. The van der Waals surface area contributed by atoms with E-state index >= 15 is 0 Å². The van der Waals surface area contributed by atoms with Crippen LogP contribution < -0.4 is 0 Å². The number of hydrogen-bond acceptors (Lipinski definition) is 2. The zero-order valence-electron chi connectivity index (χ0n) is 8.51. The van der Waals surface area contributed by atoms with Gasteiger partial charge < -0.3 is 0 Å². The van der Waals surface area contributed by atoms with Crippen LogP contribution in [-0.2, 0) is 4.79 Å². The monoisotopic (exact) mass is 200 g/mol. The lowest BCUT2D eigenvalue weighted by molar-refractivity contribution is -0.112. The Balaban J connectivity index is 2.61. The van der Waals surface area contributed by atoms with Gasteiger partial charge in [-0.25, -0.2) is 0 Å². The molecule has 0 aromatic heterocycles. The molecule has 1 aromatic carbocycles. The smallest absolute Gasteiger partial charge is 0.185 e. The van der Waals surface area contributed by atoms with Gasteiger partial charge in [0.05, 0.1) is 0 Å². The predicted octanol–water partition coefficient (Wildman–Crippen LogP) is 2.57. The molecule has 0 aliphatic carbocycles. The summed E-state index contributed by atoms with van der Waals surface area (Å²) in [4.78, 5) is 22.0. The highest BCUT2D eigenvalue weighted by Crippen LogP contribution is 2.00. The first kappa shape index (κ1) is 11.1. The molecule has 0 atom stereocenters. The van der Waals surface area contributed by atoms with Crippen molar-refractivity contribution in [2.75, 3.05) is 0 Å². The zero-order chi connectivity index (χ0) is 11.1. The van der Waals surface area contributed by atoms with E-state index in [9.17, 15) is 9.59 Å². The Bertz CT molecular complexity index is 400. The molecule has 1 rings (SSSR count). The molecule has 0 spiro atoms. The molecule has 2 nitrogen and oxygen atoms in total. The van der Waals surface area contributed by atoms with Crippen molar-refractivity contribution in [3.63, 3.8) is 0 Å². The summed E-state index contributed by atoms with van der Waals surface area (Å²) in [6, 6.07) is 8.98. The first-order chi connectivity index (χ1) is 7.20. The fourth-order valence-electron chi connectivity index (χ4n) is 1.03. The molecule has 0 saturated heterocycles. The molecule has 76 valence electrons. The number of benzene rings is 1. The Morgan fingerprint density at radius 1 is 1.00 bits per heavy atom. The van der Waals surface area contributed by atoms with Gasteiger partial charge in [-0.15, -0.1) is 0 Å². The topological polar surface area (TPSA) is 34.1 Å². The highest BCUT2D eigenvalue weighted by molar-refractivity contribution is 6.04. The van der Waals surface area contributed by atoms with E-state index in [2.05, 4.69) is 0 Å². The number of rotatable bonds is 4. The molecule has 0 unspecified atom stereocenters. The van der Waals surface area contributed by atoms with E-state index < -0.39 is 0 Å². The molecule has 2 heteroatoms. The molecule has 15 heavy (non-hydrogen) atoms. The van der Waals surface area contributed by atoms with Crippen molar-refractivity contribution in [2.24, 2.45) is 0 Å². The normalized spacial score (nSPS) is 11.0. The average molecular weight is 200 g/mol. The van der Waals surface area contributed by atoms with Crippen LogP contribution in [0, 0.1) is 0 Å². The maximum atomic E-state index is 11.5. The molecular formula is C13H12O2. The third-order valence-corrected chi connectivity index (χ3v) is 1.75. The number of carbonyl (C=O) groups excluding carboxylic acids is 2. The molecule has 1 aromatic rings. The van der Waals surface area contributed by atoms with Crippen LogP contribution in [0.4, 0.5) is 0 Å². The summed E-state index contributed by atoms with van der Waals surface area (Å²) in [5, 5.41) is 0. The number of allylic oxidation sites excluding steroid dienone is 4. The van der Waals surface area contributed by atoms with Crippen molar-refractivity contribution in [2.45, 2.75) is 6.92 Å². The summed E-state index contributed by atoms with van der Waals surface area (Å²) in [5.74, 6) is -0.101. The molecule has 0 amide bonds. The van der Waals surface area contributed by atoms with Crippen LogP contribution in [0.25, 0.3) is 0 Å². The Labute approximate surface area is 88.9 Å². The summed E-state index contributed by atoms with van der Waals surface area (Å²) in [5.41, 5.74) is 0.643. The molecule has 0 heterocycles. The van der Waals surface area contributed by atoms with Crippen molar-refractivity contribution in [3.8, 4) is 0 Å². The Kier molecular flexibility index (Phi) is 4.23. The third kappa shape index (κ3) is 4.18. The van der Waals surface area contributed by atoms with Crippen LogP contribution >= 0.6 is 0 Å². The van der Waals surface area contributed by atoms with E-state index in [0.29, 0.717) is 5.56 Å². The lowest BCUT2D eigenvalue weighted by Crippen LogP contribution is -1.92. The minimum Gasteiger partial charge on any atom is -0.295 e. The predicted molar refractivity (Wildman–Crippen MR) is 59.7 cm³/mol. The first-order valence-electron chi connectivity index (χ1n) is 4.65. The van der Waals surface area contributed by atoms with Crippen molar-refractivity contribution in [1.29, 1.82) is 0 Å². The van der Waals surface area contributed by atoms with Gasteiger partial charge in [0.2, 0.25) is 0 Å². The quantitative estimate of drug-likeness (QED) is 0.425. The number of carbonyl (C=O) groups is 2. The fraction of sp³-hybridized carbons (Fsp3) is 0.0769. The summed E-state index contributed by atoms with van der Waals surface area (Å²) in [7, 11) is 0. The van der Waals surface area contributed by atoms with Gasteiger partial charge in [0.15, 0.2) is 11.6 Å². The van der Waals surface area contributed by atoms with E-state index in [0.717, 1.165) is 0 Å². The van der Waals surface area contributed by atoms with E-state index in [1.165, 1.54) is 19.1 Å². The van der Waals surface area contributed by atoms with Crippen molar-refractivity contribution >= 4 is 11.6 Å². The van der Waals surface area contributed by atoms with Gasteiger partial charge in [-0.05, 0) is 19.1 Å². The summed E-state index contributed by atoms with van der Waals surface area (Å²) < 4.78 is 0. The second-order valence-corrected chi connectivity index (χ2v) is 3.06. The lowest BCUT2D eigenvalue weighted by atomic mass is 10.1. The van der Waals surface area contributed by atoms with Crippen LogP contribution in [-0.4, -0.2) is 11.6 Å². The molecule has 0 aliphatic rings. The lowest BCUT2D eigenvalue weighted by Gasteiger charge is -1.92. The maximum Gasteiger partial charge on any atom is 0.185 e. The highest BCUT2D eigenvalue weighted by atomic mass is 16.1. The van der Waals surface area contributed by atoms with Gasteiger partial charge >= 0.3 is 0 Å². The Hall–Kier alpha value is -1.96. The second-order valence-electron chi connectivity index (χ2n) is 3.06. The van der Waals surface area contributed by atoms with E-state index in [-0.39, 0.29) is 11.6 Å². The van der Waals surface area contributed by atoms with E-state index in [1.807, 2.05) is 18.2 Å². The zero-order valence-corrected chi connectivity index (χ0v) is 8.51. The molecule has 0 radical (unpaired) electrons. The fourth-order valence-corrected chi connectivity index (χ4v) is 1.03. The van der Waals surface area contributed by atoms with Crippen molar-refractivity contribution in [3.05, 3.63) is 60.2 Å². The van der Waals surface area contributed by atoms with Crippen LogP contribution in [0.2, 0.25) is 0 Å². The Morgan fingerprint density at radius 3 is 2.20 bits per heavy atom. The molecular weight excluding hydrogens is 188 g/mol. The molecule has 0 N–H and O–H groups in total. The largest absolute Gasteiger partial charge is 0.295 e. The van der Waals surface area contributed by atoms with Crippen LogP contribution in [0.3, 0.4) is 0 Å². The third-order valence-electron chi connectivity index (χ3n) is 1.75. The second kappa shape index (κ2) is 5.70. The van der Waals surface area contributed by atoms with E-state index in [4.69, 9.17) is 0 Å². The molecule has 0 saturated carbocycles. The highest BCUT2D eigenvalue weighted by Gasteiger charge is 1.97. The van der Waals surface area contributed by atoms with Crippen LogP contribution in [0.1, 0.15) is 17.3 Å². The van der Waals surface area contributed by atoms with Gasteiger partial charge in [0.25, 0.3) is 0 Å². The first-order valence-corrected chi connectivity index (χ1v) is 4.65. The molecule has 0 aliphatic heterocycles. The number of hydrogen-bond donors (Lipinski definition) is 0. The summed E-state index contributed by atoms with van der Waals surface area (Å²) >= 11 is 0. The van der Waals surface area contributed by atoms with Gasteiger partial charge in [-0.3, -0.25) is 9.59 Å². The summed E-state index contributed by atoms with van der Waals surface area (Å²) in [6.07, 6.45) is 5.98. The minimum atomic E-state index is -0.0659. The standard InChI is InChI=1S/C13H12O2/c1-11(14)7-5-6-10-13(15)12-8-3-2-4-9-12/h2-10H,1H3/b7-5-,10-6+. The van der Waals surface area contributed by atoms with E-state index in [1.54, 1.807) is 24.3 Å². The SMILES string of the molecule is CC(=O)/C=C\C=C\C(=O)c1ccccc1. The van der Waals surface area contributed by atoms with Crippen molar-refractivity contribution < 1.29 is 9.59 Å².